The van der Waals surface area contributed by atoms with E-state index in [1.165, 1.54) is 18.2 Å². The van der Waals surface area contributed by atoms with Crippen molar-refractivity contribution in [1.82, 2.24) is 0 Å². The van der Waals surface area contributed by atoms with E-state index in [9.17, 15) is 18.0 Å². The molecule has 0 radical (unpaired) electrons. The maximum absolute atomic E-state index is 11.9. The van der Waals surface area contributed by atoms with Gasteiger partial charge in [-0.3, -0.25) is 4.79 Å². The average Bonchev–Trinajstić information content (AvgIpc) is 2.24. The van der Waals surface area contributed by atoms with Gasteiger partial charge in [0.05, 0.1) is 5.02 Å². The summed E-state index contributed by atoms with van der Waals surface area (Å²) in [5, 5.41) is 0.0940. The number of Topliss-reactive ketones (excluding diaryl/α,β-unsaturated/α-hetero) is 1. The van der Waals surface area contributed by atoms with E-state index in [2.05, 4.69) is 4.74 Å². The molecule has 6 heteroatoms. The third kappa shape index (κ3) is 4.26. The summed E-state index contributed by atoms with van der Waals surface area (Å²) >= 11 is 5.77. The van der Waals surface area contributed by atoms with E-state index in [0.29, 0.717) is 0 Å². The maximum atomic E-state index is 11.9. The number of ether oxygens (including phenoxy) is 1. The van der Waals surface area contributed by atoms with Crippen LogP contribution in [0.3, 0.4) is 0 Å². The SMILES string of the molecule is CCC(=O)c1ccc(OCC(F)(F)F)cc1Cl. The topological polar surface area (TPSA) is 26.3 Å². The second-order valence-electron chi connectivity index (χ2n) is 3.32. The summed E-state index contributed by atoms with van der Waals surface area (Å²) in [6, 6.07) is 3.86. The fraction of sp³-hybridized carbons (Fsp3) is 0.364. The molecular formula is C11H10ClF3O2. The highest BCUT2D eigenvalue weighted by molar-refractivity contribution is 6.34. The van der Waals surface area contributed by atoms with Crippen LogP contribution in [-0.2, 0) is 0 Å². The molecule has 0 aromatic heterocycles. The van der Waals surface area contributed by atoms with Gasteiger partial charge in [0.1, 0.15) is 5.75 Å². The number of carbonyl (C=O) groups excluding carboxylic acids is 1. The van der Waals surface area contributed by atoms with Crippen molar-refractivity contribution in [2.24, 2.45) is 0 Å². The Morgan fingerprint density at radius 1 is 1.41 bits per heavy atom. The molecular weight excluding hydrogens is 257 g/mol. The Morgan fingerprint density at radius 2 is 2.06 bits per heavy atom. The molecule has 0 N–H and O–H groups in total. The van der Waals surface area contributed by atoms with Gasteiger partial charge in [0.15, 0.2) is 12.4 Å². The number of ketones is 1. The number of hydrogen-bond donors (Lipinski definition) is 0. The first-order chi connectivity index (χ1) is 7.83. The van der Waals surface area contributed by atoms with Crippen LogP contribution in [0, 0.1) is 0 Å². The van der Waals surface area contributed by atoms with Gasteiger partial charge < -0.3 is 4.74 Å². The summed E-state index contributed by atoms with van der Waals surface area (Å²) in [7, 11) is 0. The van der Waals surface area contributed by atoms with Gasteiger partial charge in [-0.25, -0.2) is 0 Å². The summed E-state index contributed by atoms with van der Waals surface area (Å²) < 4.78 is 40.2. The zero-order valence-electron chi connectivity index (χ0n) is 8.97. The molecule has 0 saturated carbocycles. The molecule has 0 aliphatic carbocycles. The molecule has 0 heterocycles. The zero-order valence-corrected chi connectivity index (χ0v) is 9.73. The fourth-order valence-corrected chi connectivity index (χ4v) is 1.44. The molecule has 0 aliphatic rings. The summed E-state index contributed by atoms with van der Waals surface area (Å²) in [6.07, 6.45) is -4.12. The van der Waals surface area contributed by atoms with Gasteiger partial charge in [-0.2, -0.15) is 13.2 Å². The second kappa shape index (κ2) is 5.40. The van der Waals surface area contributed by atoms with Gasteiger partial charge in [-0.15, -0.1) is 0 Å². The minimum absolute atomic E-state index is 0.0139. The summed E-state index contributed by atoms with van der Waals surface area (Å²) in [5.41, 5.74) is 0.286. The lowest BCUT2D eigenvalue weighted by atomic mass is 10.1. The molecule has 0 fully saturated rings. The molecule has 94 valence electrons. The molecule has 0 aliphatic heterocycles. The predicted molar refractivity (Wildman–Crippen MR) is 57.6 cm³/mol. The Kier molecular flexibility index (Phi) is 4.40. The Bertz CT molecular complexity index is 416. The van der Waals surface area contributed by atoms with Crippen molar-refractivity contribution in [3.63, 3.8) is 0 Å². The normalized spacial score (nSPS) is 11.4. The van der Waals surface area contributed by atoms with Crippen LogP contribution in [0.25, 0.3) is 0 Å². The molecule has 1 aromatic rings. The lowest BCUT2D eigenvalue weighted by Crippen LogP contribution is -2.19. The average molecular weight is 267 g/mol. The minimum atomic E-state index is -4.40. The van der Waals surface area contributed by atoms with Crippen LogP contribution in [0.5, 0.6) is 5.75 Å². The molecule has 17 heavy (non-hydrogen) atoms. The molecule has 1 aromatic carbocycles. The van der Waals surface area contributed by atoms with Crippen molar-refractivity contribution in [1.29, 1.82) is 0 Å². The molecule has 0 spiro atoms. The number of hydrogen-bond acceptors (Lipinski definition) is 2. The molecule has 0 atom stereocenters. The first-order valence-electron chi connectivity index (χ1n) is 4.86. The van der Waals surface area contributed by atoms with Gasteiger partial charge in [0.2, 0.25) is 0 Å². The van der Waals surface area contributed by atoms with Crippen LogP contribution in [0.2, 0.25) is 5.02 Å². The van der Waals surface area contributed by atoms with E-state index in [1.54, 1.807) is 6.92 Å². The monoisotopic (exact) mass is 266 g/mol. The van der Waals surface area contributed by atoms with Gasteiger partial charge in [-0.05, 0) is 18.2 Å². The molecule has 0 unspecified atom stereocenters. The van der Waals surface area contributed by atoms with Crippen molar-refractivity contribution in [3.05, 3.63) is 28.8 Å². The molecule has 0 saturated heterocycles. The van der Waals surface area contributed by atoms with Crippen molar-refractivity contribution in [2.75, 3.05) is 6.61 Å². The van der Waals surface area contributed by atoms with Crippen molar-refractivity contribution >= 4 is 17.4 Å². The Balaban J connectivity index is 2.79. The van der Waals surface area contributed by atoms with Gasteiger partial charge in [-0.1, -0.05) is 18.5 Å². The number of carbonyl (C=O) groups is 1. The second-order valence-corrected chi connectivity index (χ2v) is 3.73. The first kappa shape index (κ1) is 13.8. The highest BCUT2D eigenvalue weighted by atomic mass is 35.5. The third-order valence-electron chi connectivity index (χ3n) is 1.96. The van der Waals surface area contributed by atoms with Crippen LogP contribution in [0.1, 0.15) is 23.7 Å². The van der Waals surface area contributed by atoms with Gasteiger partial charge in [0.25, 0.3) is 0 Å². The minimum Gasteiger partial charge on any atom is -0.484 e. The van der Waals surface area contributed by atoms with Gasteiger partial charge >= 0.3 is 6.18 Å². The fourth-order valence-electron chi connectivity index (χ4n) is 1.17. The lowest BCUT2D eigenvalue weighted by molar-refractivity contribution is -0.153. The number of halogens is 4. The lowest BCUT2D eigenvalue weighted by Gasteiger charge is -2.10. The van der Waals surface area contributed by atoms with Crippen LogP contribution in [-0.4, -0.2) is 18.6 Å². The number of benzene rings is 1. The van der Waals surface area contributed by atoms with Crippen molar-refractivity contribution in [2.45, 2.75) is 19.5 Å². The van der Waals surface area contributed by atoms with Crippen LogP contribution in [0.4, 0.5) is 13.2 Å². The highest BCUT2D eigenvalue weighted by Gasteiger charge is 2.28. The maximum Gasteiger partial charge on any atom is 0.422 e. The summed E-state index contributed by atoms with van der Waals surface area (Å²) in [4.78, 5) is 11.4. The van der Waals surface area contributed by atoms with E-state index >= 15 is 0 Å². The van der Waals surface area contributed by atoms with E-state index in [1.807, 2.05) is 0 Å². The number of alkyl halides is 3. The standard InChI is InChI=1S/C11H10ClF3O2/c1-2-10(16)8-4-3-7(5-9(8)12)17-6-11(13,14)15/h3-5H,2,6H2,1H3. The molecule has 0 amide bonds. The Hall–Kier alpha value is -1.23. The van der Waals surface area contributed by atoms with Crippen LogP contribution >= 0.6 is 11.6 Å². The van der Waals surface area contributed by atoms with E-state index in [0.717, 1.165) is 0 Å². The first-order valence-corrected chi connectivity index (χ1v) is 5.23. The molecule has 1 rings (SSSR count). The largest absolute Gasteiger partial charge is 0.484 e. The highest BCUT2D eigenvalue weighted by Crippen LogP contribution is 2.25. The molecule has 2 nitrogen and oxygen atoms in total. The Morgan fingerprint density at radius 3 is 2.53 bits per heavy atom. The van der Waals surface area contributed by atoms with Gasteiger partial charge in [0, 0.05) is 12.0 Å². The number of rotatable bonds is 4. The van der Waals surface area contributed by atoms with E-state index in [4.69, 9.17) is 11.6 Å². The van der Waals surface area contributed by atoms with Crippen molar-refractivity contribution < 1.29 is 22.7 Å². The Labute approximate surface area is 101 Å². The van der Waals surface area contributed by atoms with E-state index in [-0.39, 0.29) is 28.5 Å². The summed E-state index contributed by atoms with van der Waals surface area (Å²) in [6.45, 7) is 0.289. The predicted octanol–water partition coefficient (Wildman–Crippen LogP) is 3.87. The van der Waals surface area contributed by atoms with Crippen LogP contribution in [0.15, 0.2) is 18.2 Å². The molecule has 0 bridgehead atoms. The van der Waals surface area contributed by atoms with Crippen molar-refractivity contribution in [3.8, 4) is 5.75 Å². The summed E-state index contributed by atoms with van der Waals surface area (Å²) in [5.74, 6) is -0.183. The van der Waals surface area contributed by atoms with Crippen LogP contribution < -0.4 is 4.74 Å². The smallest absolute Gasteiger partial charge is 0.422 e. The third-order valence-corrected chi connectivity index (χ3v) is 2.28. The van der Waals surface area contributed by atoms with E-state index < -0.39 is 12.8 Å². The quantitative estimate of drug-likeness (QED) is 0.773. The zero-order chi connectivity index (χ0) is 13.1.